The maximum absolute atomic E-state index is 4.75. The molecule has 1 heterocycles. The van der Waals surface area contributed by atoms with Crippen LogP contribution in [0.4, 0.5) is 0 Å². The Labute approximate surface area is 133 Å². The van der Waals surface area contributed by atoms with Crippen LogP contribution < -0.4 is 5.32 Å². The SMILES string of the molecule is Cc1nn(Cc2ccccc2)c(C)c1CNC1CCCCC1. The van der Waals surface area contributed by atoms with E-state index in [1.54, 1.807) is 0 Å². The second kappa shape index (κ2) is 7.10. The van der Waals surface area contributed by atoms with Crippen molar-refractivity contribution in [1.82, 2.24) is 15.1 Å². The van der Waals surface area contributed by atoms with E-state index < -0.39 is 0 Å². The molecule has 1 fully saturated rings. The molecule has 0 atom stereocenters. The highest BCUT2D eigenvalue weighted by Crippen LogP contribution is 2.19. The molecule has 3 nitrogen and oxygen atoms in total. The topological polar surface area (TPSA) is 29.9 Å². The van der Waals surface area contributed by atoms with Gasteiger partial charge in [0.25, 0.3) is 0 Å². The number of hydrogen-bond acceptors (Lipinski definition) is 2. The molecule has 118 valence electrons. The lowest BCUT2D eigenvalue weighted by atomic mass is 9.95. The second-order valence-corrected chi connectivity index (χ2v) is 6.51. The monoisotopic (exact) mass is 297 g/mol. The highest BCUT2D eigenvalue weighted by molar-refractivity contribution is 5.26. The summed E-state index contributed by atoms with van der Waals surface area (Å²) in [6.45, 7) is 6.14. The Morgan fingerprint density at radius 1 is 1.09 bits per heavy atom. The van der Waals surface area contributed by atoms with E-state index in [0.29, 0.717) is 6.04 Å². The van der Waals surface area contributed by atoms with Gasteiger partial charge in [-0.3, -0.25) is 4.68 Å². The van der Waals surface area contributed by atoms with Crippen molar-refractivity contribution in [1.29, 1.82) is 0 Å². The molecular weight excluding hydrogens is 270 g/mol. The first kappa shape index (κ1) is 15.3. The van der Waals surface area contributed by atoms with Crippen molar-refractivity contribution in [2.75, 3.05) is 0 Å². The number of aryl methyl sites for hydroxylation is 1. The molecule has 0 spiro atoms. The molecule has 22 heavy (non-hydrogen) atoms. The van der Waals surface area contributed by atoms with E-state index in [2.05, 4.69) is 54.2 Å². The van der Waals surface area contributed by atoms with Gasteiger partial charge in [-0.25, -0.2) is 0 Å². The Morgan fingerprint density at radius 3 is 2.55 bits per heavy atom. The number of nitrogens with zero attached hydrogens (tertiary/aromatic N) is 2. The number of nitrogens with one attached hydrogen (secondary N) is 1. The first-order chi connectivity index (χ1) is 10.7. The third-order valence-electron chi connectivity index (χ3n) is 4.88. The van der Waals surface area contributed by atoms with Crippen LogP contribution in [-0.4, -0.2) is 15.8 Å². The summed E-state index contributed by atoms with van der Waals surface area (Å²) in [7, 11) is 0. The molecule has 0 amide bonds. The van der Waals surface area contributed by atoms with E-state index >= 15 is 0 Å². The molecule has 0 unspecified atom stereocenters. The van der Waals surface area contributed by atoms with E-state index in [9.17, 15) is 0 Å². The lowest BCUT2D eigenvalue weighted by Crippen LogP contribution is -2.30. The van der Waals surface area contributed by atoms with Gasteiger partial charge in [0.05, 0.1) is 12.2 Å². The third-order valence-corrected chi connectivity index (χ3v) is 4.88. The summed E-state index contributed by atoms with van der Waals surface area (Å²) in [5.41, 5.74) is 5.14. The maximum atomic E-state index is 4.75. The zero-order chi connectivity index (χ0) is 15.4. The van der Waals surface area contributed by atoms with E-state index in [4.69, 9.17) is 5.10 Å². The van der Waals surface area contributed by atoms with Gasteiger partial charge in [-0.1, -0.05) is 49.6 Å². The fourth-order valence-corrected chi connectivity index (χ4v) is 3.45. The van der Waals surface area contributed by atoms with E-state index in [1.807, 2.05) is 0 Å². The second-order valence-electron chi connectivity index (χ2n) is 6.51. The summed E-state index contributed by atoms with van der Waals surface area (Å²) in [5, 5.41) is 8.49. The Bertz CT molecular complexity index is 595. The molecule has 1 N–H and O–H groups in total. The molecule has 0 bridgehead atoms. The minimum absolute atomic E-state index is 0.699. The lowest BCUT2D eigenvalue weighted by molar-refractivity contribution is 0.372. The fourth-order valence-electron chi connectivity index (χ4n) is 3.45. The van der Waals surface area contributed by atoms with Crippen LogP contribution in [0.15, 0.2) is 30.3 Å². The van der Waals surface area contributed by atoms with Crippen LogP contribution in [0.1, 0.15) is 54.6 Å². The van der Waals surface area contributed by atoms with E-state index in [0.717, 1.165) is 18.8 Å². The summed E-state index contributed by atoms with van der Waals surface area (Å²) in [5.74, 6) is 0. The molecule has 0 radical (unpaired) electrons. The molecule has 2 aromatic rings. The number of hydrogen-bond donors (Lipinski definition) is 1. The zero-order valence-corrected chi connectivity index (χ0v) is 13.8. The summed E-state index contributed by atoms with van der Waals surface area (Å²) in [6.07, 6.45) is 6.82. The van der Waals surface area contributed by atoms with Gasteiger partial charge in [0.15, 0.2) is 0 Å². The molecular formula is C19H27N3. The Hall–Kier alpha value is -1.61. The first-order valence-electron chi connectivity index (χ1n) is 8.54. The maximum Gasteiger partial charge on any atom is 0.0662 e. The third kappa shape index (κ3) is 3.58. The van der Waals surface area contributed by atoms with Gasteiger partial charge in [0, 0.05) is 23.8 Å². The van der Waals surface area contributed by atoms with Crippen molar-refractivity contribution in [3.8, 4) is 0 Å². The van der Waals surface area contributed by atoms with Crippen LogP contribution in [0, 0.1) is 13.8 Å². The van der Waals surface area contributed by atoms with Crippen molar-refractivity contribution < 1.29 is 0 Å². The molecule has 1 aliphatic carbocycles. The van der Waals surface area contributed by atoms with Crippen molar-refractivity contribution in [2.45, 2.75) is 65.1 Å². The van der Waals surface area contributed by atoms with Gasteiger partial charge >= 0.3 is 0 Å². The minimum atomic E-state index is 0.699. The molecule has 3 rings (SSSR count). The van der Waals surface area contributed by atoms with Gasteiger partial charge in [-0.15, -0.1) is 0 Å². The van der Waals surface area contributed by atoms with Gasteiger partial charge in [0.2, 0.25) is 0 Å². The number of rotatable bonds is 5. The quantitative estimate of drug-likeness (QED) is 0.905. The van der Waals surface area contributed by atoms with Crippen LogP contribution in [-0.2, 0) is 13.1 Å². The first-order valence-corrected chi connectivity index (χ1v) is 8.54. The van der Waals surface area contributed by atoms with Crippen LogP contribution in [0.3, 0.4) is 0 Å². The van der Waals surface area contributed by atoms with E-state index in [-0.39, 0.29) is 0 Å². The average molecular weight is 297 g/mol. The van der Waals surface area contributed by atoms with Gasteiger partial charge in [-0.2, -0.15) is 5.10 Å². The fraction of sp³-hybridized carbons (Fsp3) is 0.526. The highest BCUT2D eigenvalue weighted by Gasteiger charge is 2.16. The van der Waals surface area contributed by atoms with Gasteiger partial charge in [-0.05, 0) is 32.3 Å². The molecule has 1 aromatic carbocycles. The Kier molecular flexibility index (Phi) is 4.94. The summed E-state index contributed by atoms with van der Waals surface area (Å²) in [4.78, 5) is 0. The lowest BCUT2D eigenvalue weighted by Gasteiger charge is -2.23. The molecule has 3 heteroatoms. The Morgan fingerprint density at radius 2 is 1.82 bits per heavy atom. The van der Waals surface area contributed by atoms with Crippen LogP contribution in [0.2, 0.25) is 0 Å². The van der Waals surface area contributed by atoms with Crippen LogP contribution in [0.5, 0.6) is 0 Å². The molecule has 0 saturated heterocycles. The minimum Gasteiger partial charge on any atom is -0.310 e. The van der Waals surface area contributed by atoms with Crippen molar-refractivity contribution in [3.05, 3.63) is 52.8 Å². The molecule has 1 aliphatic rings. The zero-order valence-electron chi connectivity index (χ0n) is 13.8. The molecule has 0 aliphatic heterocycles. The van der Waals surface area contributed by atoms with E-state index in [1.165, 1.54) is 48.9 Å². The highest BCUT2D eigenvalue weighted by atomic mass is 15.3. The van der Waals surface area contributed by atoms with Gasteiger partial charge in [0.1, 0.15) is 0 Å². The largest absolute Gasteiger partial charge is 0.310 e. The van der Waals surface area contributed by atoms with Crippen LogP contribution in [0.25, 0.3) is 0 Å². The van der Waals surface area contributed by atoms with Crippen molar-refractivity contribution in [2.24, 2.45) is 0 Å². The number of benzene rings is 1. The summed E-state index contributed by atoms with van der Waals surface area (Å²) in [6, 6.07) is 11.3. The van der Waals surface area contributed by atoms with Crippen LogP contribution >= 0.6 is 0 Å². The standard InChI is InChI=1S/C19H27N3/c1-15-19(13-20-18-11-7-4-8-12-18)16(2)22(21-15)14-17-9-5-3-6-10-17/h3,5-6,9-10,18,20H,4,7-8,11-14H2,1-2H3. The van der Waals surface area contributed by atoms with Crippen molar-refractivity contribution >= 4 is 0 Å². The Balaban J connectivity index is 1.67. The van der Waals surface area contributed by atoms with Crippen molar-refractivity contribution in [3.63, 3.8) is 0 Å². The predicted molar refractivity (Wildman–Crippen MR) is 91.0 cm³/mol. The smallest absolute Gasteiger partial charge is 0.0662 e. The number of aromatic nitrogens is 2. The molecule has 1 saturated carbocycles. The average Bonchev–Trinajstić information content (AvgIpc) is 2.81. The summed E-state index contributed by atoms with van der Waals surface area (Å²) >= 11 is 0. The molecule has 1 aromatic heterocycles. The summed E-state index contributed by atoms with van der Waals surface area (Å²) < 4.78 is 2.14. The normalized spacial score (nSPS) is 16.1. The predicted octanol–water partition coefficient (Wildman–Crippen LogP) is 3.97. The van der Waals surface area contributed by atoms with Gasteiger partial charge < -0.3 is 5.32 Å².